The SMILES string of the molecule is CN(C)c1cnnc(Nc2ccc(NC(=O)Nc3cc(F)cc(C(F)(F)F)c3)cc2)c1. The van der Waals surface area contributed by atoms with E-state index in [4.69, 9.17) is 0 Å². The maximum absolute atomic E-state index is 13.4. The molecule has 0 bridgehead atoms. The molecule has 2 amide bonds. The molecule has 3 aromatic rings. The van der Waals surface area contributed by atoms with Crippen LogP contribution in [0.1, 0.15) is 5.56 Å². The molecule has 7 nitrogen and oxygen atoms in total. The highest BCUT2D eigenvalue weighted by atomic mass is 19.4. The number of nitrogens with one attached hydrogen (secondary N) is 3. The molecule has 0 unspecified atom stereocenters. The summed E-state index contributed by atoms with van der Waals surface area (Å²) in [5.74, 6) is -0.585. The summed E-state index contributed by atoms with van der Waals surface area (Å²) in [4.78, 5) is 13.9. The molecule has 2 aromatic carbocycles. The van der Waals surface area contributed by atoms with Gasteiger partial charge in [0, 0.05) is 37.2 Å². The number of urea groups is 1. The van der Waals surface area contributed by atoms with Gasteiger partial charge in [0.2, 0.25) is 0 Å². The number of nitrogens with zero attached hydrogens (tertiary/aromatic N) is 3. The summed E-state index contributed by atoms with van der Waals surface area (Å²) in [6, 6.07) is 9.30. The molecule has 0 aliphatic carbocycles. The molecule has 0 fully saturated rings. The normalized spacial score (nSPS) is 11.0. The van der Waals surface area contributed by atoms with Gasteiger partial charge in [0.05, 0.1) is 17.4 Å². The maximum Gasteiger partial charge on any atom is 0.416 e. The molecule has 0 atom stereocenters. The first-order valence-corrected chi connectivity index (χ1v) is 8.93. The monoisotopic (exact) mass is 434 g/mol. The standard InChI is InChI=1S/C20H18F4N6O/c1-30(2)17-10-18(29-25-11-17)26-14-3-5-15(6-4-14)27-19(31)28-16-8-12(20(22,23)24)7-13(21)9-16/h3-11H,1-2H3,(H,26,29)(H2,27,28,31). The van der Waals surface area contributed by atoms with Gasteiger partial charge in [-0.3, -0.25) is 0 Å². The number of carbonyl (C=O) groups is 1. The van der Waals surface area contributed by atoms with Crippen molar-refractivity contribution in [2.45, 2.75) is 6.18 Å². The van der Waals surface area contributed by atoms with Gasteiger partial charge in [-0.15, -0.1) is 5.10 Å². The van der Waals surface area contributed by atoms with Crippen molar-refractivity contribution in [2.24, 2.45) is 0 Å². The second-order valence-electron chi connectivity index (χ2n) is 6.70. The molecule has 0 saturated carbocycles. The van der Waals surface area contributed by atoms with Crippen molar-refractivity contribution in [2.75, 3.05) is 34.9 Å². The highest BCUT2D eigenvalue weighted by Crippen LogP contribution is 2.31. The summed E-state index contributed by atoms with van der Waals surface area (Å²) in [6.45, 7) is 0. The second kappa shape index (κ2) is 8.86. The number of alkyl halides is 3. The van der Waals surface area contributed by atoms with Crippen LogP contribution in [0.4, 0.5) is 50.9 Å². The average Bonchev–Trinajstić information content (AvgIpc) is 2.68. The summed E-state index contributed by atoms with van der Waals surface area (Å²) in [5.41, 5.74) is 0.403. The van der Waals surface area contributed by atoms with Gasteiger partial charge in [-0.25, -0.2) is 9.18 Å². The lowest BCUT2D eigenvalue weighted by atomic mass is 10.2. The van der Waals surface area contributed by atoms with Gasteiger partial charge >= 0.3 is 12.2 Å². The highest BCUT2D eigenvalue weighted by molar-refractivity contribution is 5.99. The van der Waals surface area contributed by atoms with Crippen LogP contribution in [0.2, 0.25) is 0 Å². The van der Waals surface area contributed by atoms with Crippen molar-refractivity contribution in [1.29, 1.82) is 0 Å². The van der Waals surface area contributed by atoms with E-state index < -0.39 is 23.6 Å². The Bertz CT molecular complexity index is 1070. The number of halogens is 4. The molecule has 1 aromatic heterocycles. The summed E-state index contributed by atoms with van der Waals surface area (Å²) < 4.78 is 51.8. The fourth-order valence-electron chi connectivity index (χ4n) is 2.57. The number of benzene rings is 2. The predicted octanol–water partition coefficient (Wildman–Crippen LogP) is 5.09. The summed E-state index contributed by atoms with van der Waals surface area (Å²) >= 11 is 0. The minimum Gasteiger partial charge on any atom is -0.376 e. The van der Waals surface area contributed by atoms with E-state index in [1.165, 1.54) is 0 Å². The molecule has 0 spiro atoms. The van der Waals surface area contributed by atoms with Crippen molar-refractivity contribution in [3.63, 3.8) is 0 Å². The van der Waals surface area contributed by atoms with E-state index in [-0.39, 0.29) is 5.69 Å². The highest BCUT2D eigenvalue weighted by Gasteiger charge is 2.31. The molecule has 31 heavy (non-hydrogen) atoms. The zero-order chi connectivity index (χ0) is 22.6. The molecule has 1 heterocycles. The minimum atomic E-state index is -4.73. The molecular weight excluding hydrogens is 416 g/mol. The van der Waals surface area contributed by atoms with Gasteiger partial charge in [-0.05, 0) is 42.5 Å². The van der Waals surface area contributed by atoms with Crippen LogP contribution in [-0.2, 0) is 6.18 Å². The van der Waals surface area contributed by atoms with Gasteiger partial charge in [0.25, 0.3) is 0 Å². The lowest BCUT2D eigenvalue weighted by Gasteiger charge is -2.13. The second-order valence-corrected chi connectivity index (χ2v) is 6.70. The van der Waals surface area contributed by atoms with Crippen LogP contribution in [0, 0.1) is 5.82 Å². The lowest BCUT2D eigenvalue weighted by molar-refractivity contribution is -0.137. The Morgan fingerprint density at radius 3 is 2.23 bits per heavy atom. The average molecular weight is 434 g/mol. The van der Waals surface area contributed by atoms with Crippen molar-refractivity contribution in [3.8, 4) is 0 Å². The van der Waals surface area contributed by atoms with Crippen LogP contribution in [0.5, 0.6) is 0 Å². The molecular formula is C20H18F4N6O. The number of rotatable bonds is 5. The van der Waals surface area contributed by atoms with Crippen LogP contribution in [0.25, 0.3) is 0 Å². The van der Waals surface area contributed by atoms with Crippen LogP contribution in [-0.4, -0.2) is 30.3 Å². The molecule has 3 N–H and O–H groups in total. The van der Waals surface area contributed by atoms with Gasteiger partial charge < -0.3 is 20.9 Å². The Morgan fingerprint density at radius 2 is 1.58 bits per heavy atom. The number of aromatic nitrogens is 2. The largest absolute Gasteiger partial charge is 0.416 e. The Labute approximate surface area is 175 Å². The summed E-state index contributed by atoms with van der Waals surface area (Å²) in [7, 11) is 3.75. The third kappa shape index (κ3) is 6.04. The third-order valence-electron chi connectivity index (χ3n) is 4.05. The molecule has 11 heteroatoms. The van der Waals surface area contributed by atoms with E-state index in [0.717, 1.165) is 11.8 Å². The Morgan fingerprint density at radius 1 is 0.935 bits per heavy atom. The first-order chi connectivity index (χ1) is 14.6. The van der Waals surface area contributed by atoms with E-state index in [2.05, 4.69) is 26.1 Å². The zero-order valence-electron chi connectivity index (χ0n) is 16.5. The van der Waals surface area contributed by atoms with E-state index in [0.29, 0.717) is 29.3 Å². The van der Waals surface area contributed by atoms with Crippen molar-refractivity contribution in [1.82, 2.24) is 10.2 Å². The maximum atomic E-state index is 13.4. The third-order valence-corrected chi connectivity index (χ3v) is 4.05. The Balaban J connectivity index is 1.63. The minimum absolute atomic E-state index is 0.317. The van der Waals surface area contributed by atoms with E-state index >= 15 is 0 Å². The molecule has 0 saturated heterocycles. The smallest absolute Gasteiger partial charge is 0.376 e. The van der Waals surface area contributed by atoms with Gasteiger partial charge in [-0.2, -0.15) is 18.3 Å². The first kappa shape index (κ1) is 21.8. The molecule has 0 aliphatic heterocycles. The molecule has 3 rings (SSSR count). The fourth-order valence-corrected chi connectivity index (χ4v) is 2.57. The molecule has 0 aliphatic rings. The number of amides is 2. The number of hydrogen-bond acceptors (Lipinski definition) is 5. The van der Waals surface area contributed by atoms with Gasteiger partial charge in [-0.1, -0.05) is 0 Å². The van der Waals surface area contributed by atoms with Crippen LogP contribution >= 0.6 is 0 Å². The van der Waals surface area contributed by atoms with Crippen molar-refractivity contribution < 1.29 is 22.4 Å². The van der Waals surface area contributed by atoms with Gasteiger partial charge in [0.1, 0.15) is 5.82 Å². The fraction of sp³-hybridized carbons (Fsp3) is 0.150. The first-order valence-electron chi connectivity index (χ1n) is 8.93. The summed E-state index contributed by atoms with van der Waals surface area (Å²) in [5, 5.41) is 15.6. The quantitative estimate of drug-likeness (QED) is 0.488. The van der Waals surface area contributed by atoms with Crippen LogP contribution in [0.3, 0.4) is 0 Å². The Hall–Kier alpha value is -3.89. The van der Waals surface area contributed by atoms with E-state index in [1.807, 2.05) is 19.0 Å². The molecule has 0 radical (unpaired) electrons. The number of hydrogen-bond donors (Lipinski definition) is 3. The van der Waals surface area contributed by atoms with Crippen molar-refractivity contribution >= 4 is 34.6 Å². The van der Waals surface area contributed by atoms with Crippen LogP contribution < -0.4 is 20.9 Å². The zero-order valence-corrected chi connectivity index (χ0v) is 16.5. The summed E-state index contributed by atoms with van der Waals surface area (Å²) in [6.07, 6.45) is -3.11. The van der Waals surface area contributed by atoms with E-state index in [9.17, 15) is 22.4 Å². The lowest BCUT2D eigenvalue weighted by Crippen LogP contribution is -2.20. The van der Waals surface area contributed by atoms with E-state index in [1.54, 1.807) is 36.5 Å². The van der Waals surface area contributed by atoms with Crippen LogP contribution in [0.15, 0.2) is 54.7 Å². The van der Waals surface area contributed by atoms with Crippen molar-refractivity contribution in [3.05, 3.63) is 66.1 Å². The topological polar surface area (TPSA) is 82.2 Å². The number of anilines is 5. The Kier molecular flexibility index (Phi) is 6.23. The molecule has 162 valence electrons. The predicted molar refractivity (Wildman–Crippen MR) is 110 cm³/mol. The van der Waals surface area contributed by atoms with Gasteiger partial charge in [0.15, 0.2) is 5.82 Å². The number of carbonyl (C=O) groups excluding carboxylic acids is 1.